The number of hydrogen-bond acceptors (Lipinski definition) is 9. The normalized spacial score (nSPS) is 11.5. The van der Waals surface area contributed by atoms with Crippen LogP contribution < -0.4 is 0 Å². The van der Waals surface area contributed by atoms with Crippen molar-refractivity contribution in [2.24, 2.45) is 0 Å². The highest BCUT2D eigenvalue weighted by atomic mass is 16.4. The summed E-state index contributed by atoms with van der Waals surface area (Å²) in [5, 5.41) is 21.4. The molecule has 0 aliphatic carbocycles. The summed E-state index contributed by atoms with van der Waals surface area (Å²) in [6.07, 6.45) is 9.15. The Kier molecular flexibility index (Phi) is 5.95. The van der Waals surface area contributed by atoms with E-state index in [9.17, 15) is 4.79 Å². The van der Waals surface area contributed by atoms with Gasteiger partial charge < -0.3 is 5.11 Å². The molecule has 3 aromatic heterocycles. The molecular formula is C13H19N11O2. The first-order chi connectivity index (χ1) is 12.7. The third kappa shape index (κ3) is 5.42. The van der Waals surface area contributed by atoms with Crippen molar-refractivity contribution >= 4 is 5.97 Å². The zero-order chi connectivity index (χ0) is 18.2. The van der Waals surface area contributed by atoms with E-state index in [1.807, 2.05) is 0 Å². The smallest absolute Gasteiger partial charge is 0.317 e. The molecule has 0 fully saturated rings. The first-order valence-corrected chi connectivity index (χ1v) is 7.83. The molecule has 0 radical (unpaired) electrons. The van der Waals surface area contributed by atoms with Crippen LogP contribution >= 0.6 is 0 Å². The van der Waals surface area contributed by atoms with Gasteiger partial charge in [-0.05, 0) is 0 Å². The van der Waals surface area contributed by atoms with Gasteiger partial charge in [-0.2, -0.15) is 15.3 Å². The second-order valence-electron chi connectivity index (χ2n) is 5.57. The van der Waals surface area contributed by atoms with E-state index < -0.39 is 5.97 Å². The molecule has 0 unspecified atom stereocenters. The van der Waals surface area contributed by atoms with E-state index >= 15 is 0 Å². The fourth-order valence-electron chi connectivity index (χ4n) is 2.39. The molecule has 13 heteroatoms. The zero-order valence-corrected chi connectivity index (χ0v) is 14.0. The van der Waals surface area contributed by atoms with E-state index in [0.29, 0.717) is 33.1 Å². The van der Waals surface area contributed by atoms with E-state index in [0.717, 1.165) is 0 Å². The van der Waals surface area contributed by atoms with E-state index in [-0.39, 0.29) is 6.54 Å². The Bertz CT molecular complexity index is 720. The lowest BCUT2D eigenvalue weighted by atomic mass is 10.4. The maximum absolute atomic E-state index is 11.2. The van der Waals surface area contributed by atoms with Crippen LogP contribution in [0.15, 0.2) is 38.0 Å². The van der Waals surface area contributed by atoms with Gasteiger partial charge in [0, 0.05) is 13.1 Å². The monoisotopic (exact) mass is 361 g/mol. The van der Waals surface area contributed by atoms with E-state index in [2.05, 4.69) is 35.1 Å². The van der Waals surface area contributed by atoms with Gasteiger partial charge in [0.15, 0.2) is 0 Å². The average Bonchev–Trinajstić information content (AvgIpc) is 3.35. The van der Waals surface area contributed by atoms with Crippen molar-refractivity contribution in [2.75, 3.05) is 19.6 Å². The van der Waals surface area contributed by atoms with Gasteiger partial charge in [-0.1, -0.05) is 0 Å². The van der Waals surface area contributed by atoms with Crippen LogP contribution in [0.3, 0.4) is 0 Å². The minimum absolute atomic E-state index is 0.0969. The highest BCUT2D eigenvalue weighted by Crippen LogP contribution is 2.00. The molecule has 0 aliphatic heterocycles. The summed E-state index contributed by atoms with van der Waals surface area (Å²) in [6.45, 7) is 2.32. The van der Waals surface area contributed by atoms with Crippen LogP contribution in [0.1, 0.15) is 0 Å². The fourth-order valence-corrected chi connectivity index (χ4v) is 2.39. The minimum Gasteiger partial charge on any atom is -0.480 e. The second-order valence-corrected chi connectivity index (χ2v) is 5.57. The number of aromatic nitrogens is 9. The Morgan fingerprint density at radius 3 is 1.58 bits per heavy atom. The number of aliphatic carboxylic acids is 1. The van der Waals surface area contributed by atoms with E-state index in [1.165, 1.54) is 19.0 Å². The topological polar surface area (TPSA) is 136 Å². The number of rotatable bonds is 11. The molecule has 0 bridgehead atoms. The lowest BCUT2D eigenvalue weighted by molar-refractivity contribution is -0.138. The van der Waals surface area contributed by atoms with E-state index in [1.54, 1.807) is 37.9 Å². The highest BCUT2D eigenvalue weighted by Gasteiger charge is 2.14. The van der Waals surface area contributed by atoms with Gasteiger partial charge in [-0.25, -0.2) is 29.0 Å². The maximum atomic E-state index is 11.2. The maximum Gasteiger partial charge on any atom is 0.317 e. The average molecular weight is 361 g/mol. The molecule has 3 heterocycles. The summed E-state index contributed by atoms with van der Waals surface area (Å²) in [7, 11) is 0. The van der Waals surface area contributed by atoms with Crippen LogP contribution in [-0.4, -0.2) is 84.8 Å². The molecule has 3 aromatic rings. The van der Waals surface area contributed by atoms with Crippen LogP contribution in [-0.2, 0) is 24.8 Å². The van der Waals surface area contributed by atoms with Crippen molar-refractivity contribution in [3.63, 3.8) is 0 Å². The van der Waals surface area contributed by atoms with Gasteiger partial charge in [-0.15, -0.1) is 0 Å². The number of carboxylic acids is 1. The first kappa shape index (κ1) is 17.6. The summed E-state index contributed by atoms with van der Waals surface area (Å²) < 4.78 is 4.97. The highest BCUT2D eigenvalue weighted by molar-refractivity contribution is 5.69. The standard InChI is InChI=1S/C13H19N11O2/c25-13(26)3-20(10-22-7-14-4-17-22)1-2-21(11-23-8-15-5-18-23)12-24-9-16-6-19-24/h4-9H,1-3,10-12H2,(H,25,26). The SMILES string of the molecule is O=C(O)CN(CCN(Cn1cncn1)Cn1cncn1)Cn1cncn1. The lowest BCUT2D eigenvalue weighted by Crippen LogP contribution is -2.40. The summed E-state index contributed by atoms with van der Waals surface area (Å²) in [5.41, 5.74) is 0. The van der Waals surface area contributed by atoms with Gasteiger partial charge >= 0.3 is 5.97 Å². The summed E-state index contributed by atoms with van der Waals surface area (Å²) in [5.74, 6) is -0.899. The number of carboxylic acid groups (broad SMARTS) is 1. The summed E-state index contributed by atoms with van der Waals surface area (Å²) >= 11 is 0. The van der Waals surface area contributed by atoms with Crippen molar-refractivity contribution in [2.45, 2.75) is 20.0 Å². The van der Waals surface area contributed by atoms with Crippen molar-refractivity contribution in [3.8, 4) is 0 Å². The van der Waals surface area contributed by atoms with Gasteiger partial charge in [-0.3, -0.25) is 14.6 Å². The summed E-state index contributed by atoms with van der Waals surface area (Å²) in [4.78, 5) is 26.7. The van der Waals surface area contributed by atoms with Gasteiger partial charge in [0.1, 0.15) is 38.0 Å². The Hall–Kier alpha value is -3.19. The second kappa shape index (κ2) is 8.77. The minimum atomic E-state index is -0.899. The fraction of sp³-hybridized carbons (Fsp3) is 0.462. The van der Waals surface area contributed by atoms with Crippen molar-refractivity contribution in [1.29, 1.82) is 0 Å². The Morgan fingerprint density at radius 1 is 0.769 bits per heavy atom. The number of carbonyl (C=O) groups is 1. The van der Waals surface area contributed by atoms with Gasteiger partial charge in [0.25, 0.3) is 0 Å². The summed E-state index contributed by atoms with van der Waals surface area (Å²) in [6, 6.07) is 0. The lowest BCUT2D eigenvalue weighted by Gasteiger charge is -2.26. The van der Waals surface area contributed by atoms with Crippen LogP contribution in [0.25, 0.3) is 0 Å². The van der Waals surface area contributed by atoms with Crippen molar-refractivity contribution in [3.05, 3.63) is 38.0 Å². The van der Waals surface area contributed by atoms with Gasteiger partial charge in [0.2, 0.25) is 0 Å². The van der Waals surface area contributed by atoms with Crippen LogP contribution in [0.5, 0.6) is 0 Å². The Labute approximate surface area is 148 Å². The predicted octanol–water partition coefficient (Wildman–Crippen LogP) is -1.58. The van der Waals surface area contributed by atoms with Crippen molar-refractivity contribution in [1.82, 2.24) is 54.1 Å². The first-order valence-electron chi connectivity index (χ1n) is 7.83. The molecule has 13 nitrogen and oxygen atoms in total. The molecular weight excluding hydrogens is 342 g/mol. The number of nitrogens with zero attached hydrogens (tertiary/aromatic N) is 11. The molecule has 138 valence electrons. The van der Waals surface area contributed by atoms with Crippen LogP contribution in [0.2, 0.25) is 0 Å². The molecule has 3 rings (SSSR count). The molecule has 1 N–H and O–H groups in total. The third-order valence-electron chi connectivity index (χ3n) is 3.53. The molecule has 0 spiro atoms. The third-order valence-corrected chi connectivity index (χ3v) is 3.53. The Balaban J connectivity index is 1.62. The molecule has 0 saturated carbocycles. The molecule has 0 atom stereocenters. The largest absolute Gasteiger partial charge is 0.480 e. The van der Waals surface area contributed by atoms with Crippen LogP contribution in [0.4, 0.5) is 0 Å². The van der Waals surface area contributed by atoms with Crippen LogP contribution in [0, 0.1) is 0 Å². The van der Waals surface area contributed by atoms with Crippen molar-refractivity contribution < 1.29 is 9.90 Å². The zero-order valence-electron chi connectivity index (χ0n) is 14.0. The molecule has 0 aromatic carbocycles. The predicted molar refractivity (Wildman–Crippen MR) is 86.0 cm³/mol. The number of hydrogen-bond donors (Lipinski definition) is 1. The quantitative estimate of drug-likeness (QED) is 0.426. The molecule has 0 aliphatic rings. The van der Waals surface area contributed by atoms with E-state index in [4.69, 9.17) is 5.11 Å². The molecule has 0 amide bonds. The van der Waals surface area contributed by atoms with Gasteiger partial charge in [0.05, 0.1) is 26.6 Å². The molecule has 26 heavy (non-hydrogen) atoms. The molecule has 0 saturated heterocycles. The Morgan fingerprint density at radius 2 is 1.19 bits per heavy atom.